The van der Waals surface area contributed by atoms with Gasteiger partial charge in [0.1, 0.15) is 0 Å². The standard InChI is InChI=1S/C12H9S.2C6H5.CH3.Sn/c1-3-7-11(8-4-1)13-12-9-5-2-6-10-12;2*1-2-4-6-5-3-1;;/h1,3-10H;2*1-5H;1H3;. The van der Waals surface area contributed by atoms with Crippen LogP contribution in [0.25, 0.3) is 0 Å². The summed E-state index contributed by atoms with van der Waals surface area (Å²) in [5, 5.41) is 0. The molecule has 0 spiro atoms. The molecule has 0 unspecified atom stereocenters. The first-order valence-corrected chi connectivity index (χ1v) is 17.2. The third-order valence-electron chi connectivity index (χ3n) is 5.11. The monoisotopic (exact) mass is 474 g/mol. The quantitative estimate of drug-likeness (QED) is 0.371. The fourth-order valence-electron chi connectivity index (χ4n) is 3.52. The Morgan fingerprint density at radius 2 is 0.815 bits per heavy atom. The van der Waals surface area contributed by atoms with E-state index in [4.69, 9.17) is 0 Å². The van der Waals surface area contributed by atoms with Crippen LogP contribution < -0.4 is 10.7 Å². The van der Waals surface area contributed by atoms with Gasteiger partial charge in [0.05, 0.1) is 0 Å². The summed E-state index contributed by atoms with van der Waals surface area (Å²) in [6, 6.07) is 42.0. The number of hydrogen-bond acceptors (Lipinski definition) is 1. The molecule has 0 N–H and O–H groups in total. The van der Waals surface area contributed by atoms with Gasteiger partial charge in [-0.3, -0.25) is 0 Å². The van der Waals surface area contributed by atoms with Crippen molar-refractivity contribution in [2.45, 2.75) is 14.7 Å². The van der Waals surface area contributed by atoms with E-state index in [1.165, 1.54) is 20.5 Å². The number of hydrogen-bond donors (Lipinski definition) is 0. The first kappa shape index (κ1) is 18.4. The minimum absolute atomic E-state index is 1.28. The van der Waals surface area contributed by atoms with Crippen molar-refractivity contribution in [3.8, 4) is 0 Å². The molecule has 0 radical (unpaired) electrons. The van der Waals surface area contributed by atoms with Crippen LogP contribution in [0.5, 0.6) is 0 Å². The van der Waals surface area contributed by atoms with Gasteiger partial charge in [0.2, 0.25) is 0 Å². The van der Waals surface area contributed by atoms with Crippen molar-refractivity contribution < 1.29 is 0 Å². The summed E-state index contributed by atoms with van der Waals surface area (Å²) in [6.45, 7) is 0. The second-order valence-electron chi connectivity index (χ2n) is 6.80. The van der Waals surface area contributed by atoms with E-state index in [9.17, 15) is 0 Å². The second kappa shape index (κ2) is 8.37. The summed E-state index contributed by atoms with van der Waals surface area (Å²) in [5.41, 5.74) is 0. The average molecular weight is 473 g/mol. The van der Waals surface area contributed by atoms with Crippen molar-refractivity contribution in [1.29, 1.82) is 0 Å². The molecule has 0 saturated carbocycles. The van der Waals surface area contributed by atoms with Gasteiger partial charge in [-0.1, -0.05) is 0 Å². The van der Waals surface area contributed by atoms with Gasteiger partial charge in [-0.05, 0) is 0 Å². The molecule has 0 aliphatic rings. The molecule has 0 aliphatic heterocycles. The van der Waals surface area contributed by atoms with E-state index >= 15 is 0 Å². The summed E-state index contributed by atoms with van der Waals surface area (Å²) >= 11 is -1.11. The van der Waals surface area contributed by atoms with Crippen LogP contribution in [0.2, 0.25) is 4.94 Å². The molecule has 0 heterocycles. The van der Waals surface area contributed by atoms with Gasteiger partial charge >= 0.3 is 171 Å². The van der Waals surface area contributed by atoms with Crippen LogP contribution in [0.4, 0.5) is 0 Å². The zero-order valence-electron chi connectivity index (χ0n) is 15.4. The van der Waals surface area contributed by atoms with Crippen LogP contribution in [-0.2, 0) is 0 Å². The van der Waals surface area contributed by atoms with Gasteiger partial charge in [-0.2, -0.15) is 0 Å². The second-order valence-corrected chi connectivity index (χ2v) is 19.3. The molecule has 0 nitrogen and oxygen atoms in total. The van der Waals surface area contributed by atoms with E-state index in [2.05, 4.69) is 120 Å². The van der Waals surface area contributed by atoms with Crippen molar-refractivity contribution in [1.82, 2.24) is 0 Å². The predicted octanol–water partition coefficient (Wildman–Crippen LogP) is 4.94. The molecular formula is C25H22SSn. The van der Waals surface area contributed by atoms with Gasteiger partial charge in [0.15, 0.2) is 0 Å². The summed E-state index contributed by atoms with van der Waals surface area (Å²) < 4.78 is 4.54. The van der Waals surface area contributed by atoms with Gasteiger partial charge in [0.25, 0.3) is 0 Å². The first-order chi connectivity index (χ1) is 13.3. The fourth-order valence-corrected chi connectivity index (χ4v) is 14.5. The molecule has 0 fully saturated rings. The number of benzene rings is 4. The Balaban J connectivity index is 1.73. The molecule has 0 aliphatic carbocycles. The van der Waals surface area contributed by atoms with E-state index in [0.717, 1.165) is 0 Å². The zero-order chi connectivity index (χ0) is 18.5. The summed E-state index contributed by atoms with van der Waals surface area (Å²) in [6.07, 6.45) is 0. The number of rotatable bonds is 5. The van der Waals surface area contributed by atoms with Crippen molar-refractivity contribution >= 4 is 40.9 Å². The van der Waals surface area contributed by atoms with Crippen LogP contribution >= 0.6 is 11.8 Å². The molecule has 0 aromatic heterocycles. The normalized spacial score (nSPS) is 11.3. The Hall–Kier alpha value is -1.97. The maximum absolute atomic E-state index is 2.93. The molecule has 4 aromatic rings. The first-order valence-electron chi connectivity index (χ1n) is 9.21. The van der Waals surface area contributed by atoms with Gasteiger partial charge in [-0.15, -0.1) is 0 Å². The minimum atomic E-state index is -2.93. The third-order valence-corrected chi connectivity index (χ3v) is 18.9. The molecule has 2 heteroatoms. The van der Waals surface area contributed by atoms with Crippen molar-refractivity contribution in [2.75, 3.05) is 0 Å². The van der Waals surface area contributed by atoms with E-state index < -0.39 is 18.4 Å². The van der Waals surface area contributed by atoms with Crippen LogP contribution in [0.3, 0.4) is 0 Å². The molecule has 0 atom stereocenters. The third kappa shape index (κ3) is 3.99. The Labute approximate surface area is 170 Å². The molecule has 4 rings (SSSR count). The molecule has 27 heavy (non-hydrogen) atoms. The SMILES string of the molecule is [CH3][Sn]([c]1ccccc1)([c]1ccccc1)[c]1ccc(Sc2ccccc2)cc1. The van der Waals surface area contributed by atoms with E-state index in [1.54, 1.807) is 0 Å². The van der Waals surface area contributed by atoms with Gasteiger partial charge < -0.3 is 0 Å². The molecule has 0 bridgehead atoms. The van der Waals surface area contributed by atoms with Crippen LogP contribution in [0.1, 0.15) is 0 Å². The Bertz CT molecular complexity index is 941. The average Bonchev–Trinajstić information content (AvgIpc) is 2.76. The Morgan fingerprint density at radius 1 is 0.444 bits per heavy atom. The molecule has 4 aromatic carbocycles. The van der Waals surface area contributed by atoms with Crippen LogP contribution in [-0.4, -0.2) is 18.4 Å². The van der Waals surface area contributed by atoms with Crippen LogP contribution in [0.15, 0.2) is 125 Å². The van der Waals surface area contributed by atoms with Gasteiger partial charge in [-0.25, -0.2) is 0 Å². The Kier molecular flexibility index (Phi) is 5.70. The van der Waals surface area contributed by atoms with E-state index in [1.807, 2.05) is 11.8 Å². The maximum atomic E-state index is 2.53. The fraction of sp³-hybridized carbons (Fsp3) is 0.0400. The molecule has 0 amide bonds. The topological polar surface area (TPSA) is 0 Å². The van der Waals surface area contributed by atoms with Crippen molar-refractivity contribution in [3.05, 3.63) is 115 Å². The zero-order valence-corrected chi connectivity index (χ0v) is 19.0. The van der Waals surface area contributed by atoms with Crippen molar-refractivity contribution in [3.63, 3.8) is 0 Å². The molecule has 132 valence electrons. The summed E-state index contributed by atoms with van der Waals surface area (Å²) in [5.74, 6) is 0. The van der Waals surface area contributed by atoms with Crippen LogP contribution in [0, 0.1) is 0 Å². The van der Waals surface area contributed by atoms with Gasteiger partial charge in [0, 0.05) is 0 Å². The molecular weight excluding hydrogens is 451 g/mol. The van der Waals surface area contributed by atoms with Crippen molar-refractivity contribution in [2.24, 2.45) is 0 Å². The van der Waals surface area contributed by atoms with E-state index in [0.29, 0.717) is 0 Å². The Morgan fingerprint density at radius 3 is 1.30 bits per heavy atom. The van der Waals surface area contributed by atoms with E-state index in [-0.39, 0.29) is 0 Å². The summed E-state index contributed by atoms with van der Waals surface area (Å²) in [7, 11) is 0. The summed E-state index contributed by atoms with van der Waals surface area (Å²) in [4.78, 5) is 5.10. The molecule has 0 saturated heterocycles. The predicted molar refractivity (Wildman–Crippen MR) is 120 cm³/mol.